The minimum absolute atomic E-state index is 0.109. The van der Waals surface area contributed by atoms with Gasteiger partial charge in [0, 0.05) is 5.92 Å². The third-order valence-electron chi connectivity index (χ3n) is 6.69. The molecule has 2 aliphatic rings. The number of aryl methyl sites for hydroxylation is 1. The number of amides is 1. The number of methoxy groups -OCH3 is 2. The lowest BCUT2D eigenvalue weighted by molar-refractivity contribution is -0.153. The molecule has 2 aromatic rings. The lowest BCUT2D eigenvalue weighted by Crippen LogP contribution is -2.60. The smallest absolute Gasteiger partial charge is 0.412 e. The topological polar surface area (TPSA) is 93.2 Å². The molecule has 3 atom stereocenters. The summed E-state index contributed by atoms with van der Waals surface area (Å²) >= 11 is 1.54. The highest BCUT2D eigenvalue weighted by atomic mass is 32.2. The van der Waals surface area contributed by atoms with Gasteiger partial charge in [0.2, 0.25) is 0 Å². The fraction of sp³-hybridized carbons (Fsp3) is 0.417. The van der Waals surface area contributed by atoms with Gasteiger partial charge in [0.25, 0.3) is 10.0 Å². The number of benzene rings is 2. The molecule has 0 bridgehead atoms. The van der Waals surface area contributed by atoms with E-state index in [4.69, 9.17) is 9.47 Å². The van der Waals surface area contributed by atoms with E-state index in [-0.39, 0.29) is 11.3 Å². The molecule has 1 saturated heterocycles. The highest BCUT2D eigenvalue weighted by Crippen LogP contribution is 2.56. The Hall–Kier alpha value is -2.72. The number of fused-ring (bicyclic) bond motifs is 3. The molecule has 0 N–H and O–H groups in total. The van der Waals surface area contributed by atoms with Gasteiger partial charge in [-0.3, -0.25) is 4.90 Å². The van der Waals surface area contributed by atoms with E-state index in [1.807, 2.05) is 25.3 Å². The van der Waals surface area contributed by atoms with Crippen LogP contribution in [0, 0.1) is 6.92 Å². The van der Waals surface area contributed by atoms with Gasteiger partial charge in [0.1, 0.15) is 11.7 Å². The molecule has 34 heavy (non-hydrogen) atoms. The molecule has 1 amide bonds. The molecule has 0 saturated carbocycles. The van der Waals surface area contributed by atoms with Crippen LogP contribution >= 0.6 is 11.8 Å². The third-order valence-corrected chi connectivity index (χ3v) is 9.10. The van der Waals surface area contributed by atoms with Crippen molar-refractivity contribution >= 4 is 39.5 Å². The standard InChI is InChI=1S/C24H28N2O6S2/c1-16-9-11-17(12-10-16)34(29,30)26-20-8-6-5-7-18(20)19-15-24(13-14-33-4,22(27)31-2)25(21(19)26)23(28)32-3/h5-12,19,21H,13-15H2,1-4H3/t19-,21+,24+/m1/s1. The molecule has 4 rings (SSSR count). The molecule has 2 aromatic carbocycles. The lowest BCUT2D eigenvalue weighted by Gasteiger charge is -2.40. The van der Waals surface area contributed by atoms with Gasteiger partial charge in [0.05, 0.1) is 24.8 Å². The van der Waals surface area contributed by atoms with Crippen LogP contribution in [0.15, 0.2) is 53.4 Å². The normalized spacial score (nSPS) is 23.4. The van der Waals surface area contributed by atoms with E-state index in [9.17, 15) is 18.0 Å². The Bertz CT molecular complexity index is 1200. The lowest BCUT2D eigenvalue weighted by atomic mass is 9.86. The molecule has 10 heteroatoms. The third kappa shape index (κ3) is 3.63. The van der Waals surface area contributed by atoms with Crippen LogP contribution < -0.4 is 4.31 Å². The first kappa shape index (κ1) is 24.4. The van der Waals surface area contributed by atoms with Crippen molar-refractivity contribution in [2.45, 2.75) is 42.3 Å². The number of likely N-dealkylation sites (tertiary alicyclic amines) is 1. The van der Waals surface area contributed by atoms with E-state index in [1.54, 1.807) is 36.4 Å². The highest BCUT2D eigenvalue weighted by molar-refractivity contribution is 7.98. The van der Waals surface area contributed by atoms with E-state index in [0.29, 0.717) is 17.9 Å². The molecule has 2 aliphatic heterocycles. The van der Waals surface area contributed by atoms with Crippen LogP contribution in [0.1, 0.15) is 29.9 Å². The maximum absolute atomic E-state index is 14.0. The van der Waals surface area contributed by atoms with Crippen LogP contribution in [0.4, 0.5) is 10.5 Å². The summed E-state index contributed by atoms with van der Waals surface area (Å²) in [5, 5.41) is 0. The SMILES string of the molecule is COC(=O)N1[C@@H]2[C@H](C[C@@]1(CCSC)C(=O)OC)c1ccccc1N2S(=O)(=O)c1ccc(C)cc1. The maximum atomic E-state index is 14.0. The van der Waals surface area contributed by atoms with Crippen molar-refractivity contribution in [1.29, 1.82) is 0 Å². The van der Waals surface area contributed by atoms with Crippen LogP contribution in [0.25, 0.3) is 0 Å². The zero-order valence-electron chi connectivity index (χ0n) is 19.6. The highest BCUT2D eigenvalue weighted by Gasteiger charge is 2.65. The number of esters is 1. The van der Waals surface area contributed by atoms with E-state index in [2.05, 4.69) is 0 Å². The predicted molar refractivity (Wildman–Crippen MR) is 130 cm³/mol. The van der Waals surface area contributed by atoms with Crippen molar-refractivity contribution in [3.05, 3.63) is 59.7 Å². The van der Waals surface area contributed by atoms with Crippen molar-refractivity contribution in [1.82, 2.24) is 4.90 Å². The van der Waals surface area contributed by atoms with Gasteiger partial charge in [-0.1, -0.05) is 35.9 Å². The quantitative estimate of drug-likeness (QED) is 0.553. The number of carbonyl (C=O) groups excluding carboxylic acids is 2. The van der Waals surface area contributed by atoms with Gasteiger partial charge in [-0.2, -0.15) is 11.8 Å². The minimum atomic E-state index is -4.07. The molecule has 0 aliphatic carbocycles. The number of nitrogens with zero attached hydrogens (tertiary/aromatic N) is 2. The van der Waals surface area contributed by atoms with E-state index in [0.717, 1.165) is 11.1 Å². The molecule has 182 valence electrons. The number of rotatable bonds is 6. The Kier molecular flexibility index (Phi) is 6.56. The average molecular weight is 505 g/mol. The van der Waals surface area contributed by atoms with Crippen LogP contribution in [-0.4, -0.2) is 63.3 Å². The van der Waals surface area contributed by atoms with Crippen LogP contribution in [0.3, 0.4) is 0 Å². The molecule has 0 spiro atoms. The Morgan fingerprint density at radius 2 is 1.76 bits per heavy atom. The summed E-state index contributed by atoms with van der Waals surface area (Å²) in [6.45, 7) is 1.88. The molecular formula is C24H28N2O6S2. The number of anilines is 1. The summed E-state index contributed by atoms with van der Waals surface area (Å²) in [5.74, 6) is -0.419. The molecule has 8 nitrogen and oxygen atoms in total. The predicted octanol–water partition coefficient (Wildman–Crippen LogP) is 3.75. The molecule has 0 unspecified atom stereocenters. The van der Waals surface area contributed by atoms with Gasteiger partial charge >= 0.3 is 12.1 Å². The summed E-state index contributed by atoms with van der Waals surface area (Å²) in [6, 6.07) is 13.8. The van der Waals surface area contributed by atoms with E-state index >= 15 is 0 Å². The number of thioether (sulfide) groups is 1. The Balaban J connectivity index is 1.94. The second kappa shape index (κ2) is 9.14. The first-order chi connectivity index (χ1) is 16.2. The molecule has 0 aromatic heterocycles. The van der Waals surface area contributed by atoms with Crippen molar-refractivity contribution in [2.75, 3.05) is 30.5 Å². The van der Waals surface area contributed by atoms with Gasteiger partial charge in [-0.05, 0) is 55.5 Å². The monoisotopic (exact) mass is 504 g/mol. The number of ether oxygens (including phenoxy) is 2. The average Bonchev–Trinajstić information content (AvgIpc) is 3.34. The summed E-state index contributed by atoms with van der Waals surface area (Å²) in [4.78, 5) is 27.9. The van der Waals surface area contributed by atoms with E-state index < -0.39 is 39.7 Å². The van der Waals surface area contributed by atoms with Gasteiger partial charge in [-0.25, -0.2) is 22.3 Å². The second-order valence-electron chi connectivity index (χ2n) is 8.50. The number of carbonyl (C=O) groups is 2. The van der Waals surface area contributed by atoms with Crippen LogP contribution in [0.2, 0.25) is 0 Å². The zero-order chi connectivity index (χ0) is 24.7. The maximum Gasteiger partial charge on any atom is 0.412 e. The fourth-order valence-electron chi connectivity index (χ4n) is 5.13. The zero-order valence-corrected chi connectivity index (χ0v) is 21.2. The number of hydrogen-bond acceptors (Lipinski definition) is 7. The first-order valence-electron chi connectivity index (χ1n) is 10.9. The molecule has 1 fully saturated rings. The Labute approximate surface area is 204 Å². The second-order valence-corrected chi connectivity index (χ2v) is 11.3. The summed E-state index contributed by atoms with van der Waals surface area (Å²) in [7, 11) is -1.57. The number of para-hydroxylation sites is 1. The minimum Gasteiger partial charge on any atom is -0.467 e. The molecular weight excluding hydrogens is 476 g/mol. The van der Waals surface area contributed by atoms with Crippen molar-refractivity contribution in [3.63, 3.8) is 0 Å². The Morgan fingerprint density at radius 3 is 2.38 bits per heavy atom. The van der Waals surface area contributed by atoms with Crippen molar-refractivity contribution in [2.24, 2.45) is 0 Å². The van der Waals surface area contributed by atoms with E-state index in [1.165, 1.54) is 35.2 Å². The van der Waals surface area contributed by atoms with Crippen molar-refractivity contribution in [3.8, 4) is 0 Å². The molecule has 2 heterocycles. The first-order valence-corrected chi connectivity index (χ1v) is 13.7. The summed E-state index contributed by atoms with van der Waals surface area (Å²) in [6.07, 6.45) is 0.723. The van der Waals surface area contributed by atoms with Gasteiger partial charge in [0.15, 0.2) is 0 Å². The fourth-order valence-corrected chi connectivity index (χ4v) is 7.33. The summed E-state index contributed by atoms with van der Waals surface area (Å²) in [5.41, 5.74) is 0.842. The van der Waals surface area contributed by atoms with Crippen molar-refractivity contribution < 1.29 is 27.5 Å². The number of sulfonamides is 1. The largest absolute Gasteiger partial charge is 0.467 e. The van der Waals surface area contributed by atoms with Gasteiger partial charge in [-0.15, -0.1) is 0 Å². The van der Waals surface area contributed by atoms with Gasteiger partial charge < -0.3 is 9.47 Å². The van der Waals surface area contributed by atoms with Crippen LogP contribution in [-0.2, 0) is 24.3 Å². The number of hydrogen-bond donors (Lipinski definition) is 0. The van der Waals surface area contributed by atoms with Crippen LogP contribution in [0.5, 0.6) is 0 Å². The molecule has 0 radical (unpaired) electrons. The Morgan fingerprint density at radius 1 is 1.09 bits per heavy atom. The summed E-state index contributed by atoms with van der Waals surface area (Å²) < 4.78 is 39.5.